The van der Waals surface area contributed by atoms with Crippen LogP contribution in [0.15, 0.2) is 16.7 Å². The van der Waals surface area contributed by atoms with Gasteiger partial charge in [-0.2, -0.15) is 0 Å². The van der Waals surface area contributed by atoms with E-state index in [0.29, 0.717) is 19.8 Å². The molecule has 20 heavy (non-hydrogen) atoms. The summed E-state index contributed by atoms with van der Waals surface area (Å²) in [4.78, 5) is 0. The first-order valence-electron chi connectivity index (χ1n) is 6.76. The van der Waals surface area contributed by atoms with Gasteiger partial charge in [0, 0.05) is 11.1 Å². The quantitative estimate of drug-likeness (QED) is 0.929. The standard InChI is InChI=1S/C15H18N2O3/c1-9-7-13-14(19-6-5-18-13)8-12(9)15-11(3-4-16)10(2)17-20-15/h7-8H,3-6,16H2,1-2H3. The van der Waals surface area contributed by atoms with Crippen LogP contribution < -0.4 is 15.2 Å². The summed E-state index contributed by atoms with van der Waals surface area (Å²) in [5, 5.41) is 4.06. The molecule has 5 nitrogen and oxygen atoms in total. The van der Waals surface area contributed by atoms with E-state index >= 15 is 0 Å². The topological polar surface area (TPSA) is 70.5 Å². The van der Waals surface area contributed by atoms with E-state index in [-0.39, 0.29) is 0 Å². The van der Waals surface area contributed by atoms with Crippen LogP contribution in [0.4, 0.5) is 0 Å². The molecule has 1 aromatic carbocycles. The van der Waals surface area contributed by atoms with Crippen LogP contribution >= 0.6 is 0 Å². The molecule has 5 heteroatoms. The lowest BCUT2D eigenvalue weighted by molar-refractivity contribution is 0.171. The summed E-state index contributed by atoms with van der Waals surface area (Å²) in [5.74, 6) is 2.32. The number of nitrogens with two attached hydrogens (primary N) is 1. The first-order valence-corrected chi connectivity index (χ1v) is 6.76. The van der Waals surface area contributed by atoms with Crippen molar-refractivity contribution in [3.63, 3.8) is 0 Å². The second kappa shape index (κ2) is 5.17. The Morgan fingerprint density at radius 3 is 2.55 bits per heavy atom. The van der Waals surface area contributed by atoms with Gasteiger partial charge in [0.15, 0.2) is 17.3 Å². The second-order valence-corrected chi connectivity index (χ2v) is 4.93. The van der Waals surface area contributed by atoms with Gasteiger partial charge in [0.05, 0.1) is 5.69 Å². The van der Waals surface area contributed by atoms with E-state index in [9.17, 15) is 0 Å². The van der Waals surface area contributed by atoms with Crippen LogP contribution in [0.25, 0.3) is 11.3 Å². The van der Waals surface area contributed by atoms with Crippen LogP contribution in [0.2, 0.25) is 0 Å². The molecule has 0 spiro atoms. The Labute approximate surface area is 117 Å². The highest BCUT2D eigenvalue weighted by Crippen LogP contribution is 2.38. The predicted octanol–water partition coefficient (Wildman–Crippen LogP) is 2.23. The summed E-state index contributed by atoms with van der Waals surface area (Å²) in [6.07, 6.45) is 0.749. The number of ether oxygens (including phenoxy) is 2. The monoisotopic (exact) mass is 274 g/mol. The van der Waals surface area contributed by atoms with Gasteiger partial charge < -0.3 is 19.7 Å². The van der Waals surface area contributed by atoms with E-state index in [4.69, 9.17) is 19.7 Å². The molecule has 0 amide bonds. The fourth-order valence-corrected chi connectivity index (χ4v) is 2.47. The van der Waals surface area contributed by atoms with Gasteiger partial charge in [0.2, 0.25) is 0 Å². The number of aryl methyl sites for hydroxylation is 2. The average Bonchev–Trinajstić information content (AvgIpc) is 2.80. The molecule has 1 aromatic heterocycles. The van der Waals surface area contributed by atoms with E-state index in [0.717, 1.165) is 46.1 Å². The Bertz CT molecular complexity index is 634. The van der Waals surface area contributed by atoms with Crippen molar-refractivity contribution in [1.82, 2.24) is 5.16 Å². The maximum atomic E-state index is 5.67. The lowest BCUT2D eigenvalue weighted by atomic mass is 9.99. The number of nitrogens with zero attached hydrogens (tertiary/aromatic N) is 1. The van der Waals surface area contributed by atoms with Crippen LogP contribution in [0.1, 0.15) is 16.8 Å². The lowest BCUT2D eigenvalue weighted by Gasteiger charge is -2.20. The molecule has 0 bridgehead atoms. The Kier molecular flexibility index (Phi) is 3.36. The van der Waals surface area contributed by atoms with Crippen molar-refractivity contribution in [1.29, 1.82) is 0 Å². The zero-order chi connectivity index (χ0) is 14.1. The molecule has 0 atom stereocenters. The molecule has 106 valence electrons. The highest BCUT2D eigenvalue weighted by molar-refractivity contribution is 5.70. The smallest absolute Gasteiger partial charge is 0.170 e. The number of hydrogen-bond acceptors (Lipinski definition) is 5. The van der Waals surface area contributed by atoms with E-state index < -0.39 is 0 Å². The van der Waals surface area contributed by atoms with Crippen LogP contribution in [0, 0.1) is 13.8 Å². The molecule has 0 radical (unpaired) electrons. The largest absolute Gasteiger partial charge is 0.486 e. The fraction of sp³-hybridized carbons (Fsp3) is 0.400. The Hall–Kier alpha value is -2.01. The molecule has 0 saturated carbocycles. The van der Waals surface area contributed by atoms with Crippen molar-refractivity contribution in [2.24, 2.45) is 5.73 Å². The van der Waals surface area contributed by atoms with Crippen molar-refractivity contribution >= 4 is 0 Å². The first-order chi connectivity index (χ1) is 9.70. The zero-order valence-corrected chi connectivity index (χ0v) is 11.7. The van der Waals surface area contributed by atoms with E-state index in [1.807, 2.05) is 26.0 Å². The zero-order valence-electron chi connectivity index (χ0n) is 11.7. The van der Waals surface area contributed by atoms with Gasteiger partial charge in [0.25, 0.3) is 0 Å². The average molecular weight is 274 g/mol. The summed E-state index contributed by atoms with van der Waals surface area (Å²) in [5.41, 5.74) is 9.68. The Morgan fingerprint density at radius 1 is 1.15 bits per heavy atom. The highest BCUT2D eigenvalue weighted by Gasteiger charge is 2.20. The number of fused-ring (bicyclic) bond motifs is 1. The van der Waals surface area contributed by atoms with Crippen molar-refractivity contribution < 1.29 is 14.0 Å². The number of rotatable bonds is 3. The molecular weight excluding hydrogens is 256 g/mol. The van der Waals surface area contributed by atoms with Gasteiger partial charge in [-0.05, 0) is 44.5 Å². The van der Waals surface area contributed by atoms with Crippen molar-refractivity contribution in [2.45, 2.75) is 20.3 Å². The molecule has 0 fully saturated rings. The van der Waals surface area contributed by atoms with Gasteiger partial charge in [-0.1, -0.05) is 5.16 Å². The minimum Gasteiger partial charge on any atom is -0.486 e. The van der Waals surface area contributed by atoms with Crippen LogP contribution in [-0.4, -0.2) is 24.9 Å². The molecule has 1 aliphatic rings. The van der Waals surface area contributed by atoms with E-state index in [1.54, 1.807) is 0 Å². The first kappa shape index (κ1) is 13.0. The molecular formula is C15H18N2O3. The predicted molar refractivity (Wildman–Crippen MR) is 75.2 cm³/mol. The van der Waals surface area contributed by atoms with Gasteiger partial charge in [-0.25, -0.2) is 0 Å². The Morgan fingerprint density at radius 2 is 1.85 bits per heavy atom. The van der Waals surface area contributed by atoms with Crippen molar-refractivity contribution in [3.05, 3.63) is 29.0 Å². The van der Waals surface area contributed by atoms with Gasteiger partial charge in [-0.15, -0.1) is 0 Å². The molecule has 0 saturated heterocycles. The van der Waals surface area contributed by atoms with Crippen LogP contribution in [0.3, 0.4) is 0 Å². The molecule has 2 N–H and O–H groups in total. The SMILES string of the molecule is Cc1cc2c(cc1-c1onc(C)c1CCN)OCCO2. The third-order valence-electron chi connectivity index (χ3n) is 3.51. The van der Waals surface area contributed by atoms with Gasteiger partial charge in [-0.3, -0.25) is 0 Å². The van der Waals surface area contributed by atoms with Crippen molar-refractivity contribution in [2.75, 3.05) is 19.8 Å². The molecule has 2 aromatic rings. The van der Waals surface area contributed by atoms with Gasteiger partial charge >= 0.3 is 0 Å². The molecule has 1 aliphatic heterocycles. The lowest BCUT2D eigenvalue weighted by Crippen LogP contribution is -2.15. The normalized spacial score (nSPS) is 13.6. The summed E-state index contributed by atoms with van der Waals surface area (Å²) < 4.78 is 16.7. The van der Waals surface area contributed by atoms with E-state index in [2.05, 4.69) is 5.16 Å². The van der Waals surface area contributed by atoms with Crippen LogP contribution in [-0.2, 0) is 6.42 Å². The minimum absolute atomic E-state index is 0.568. The maximum Gasteiger partial charge on any atom is 0.170 e. The Balaban J connectivity index is 2.10. The van der Waals surface area contributed by atoms with E-state index in [1.165, 1.54) is 0 Å². The molecule has 0 aliphatic carbocycles. The molecule has 3 rings (SSSR count). The third-order valence-corrected chi connectivity index (χ3v) is 3.51. The van der Waals surface area contributed by atoms with Crippen LogP contribution in [0.5, 0.6) is 11.5 Å². The molecule has 0 unspecified atom stereocenters. The summed E-state index contributed by atoms with van der Waals surface area (Å²) in [7, 11) is 0. The summed E-state index contributed by atoms with van der Waals surface area (Å²) >= 11 is 0. The van der Waals surface area contributed by atoms with Crippen molar-refractivity contribution in [3.8, 4) is 22.8 Å². The second-order valence-electron chi connectivity index (χ2n) is 4.93. The molecule has 2 heterocycles. The maximum absolute atomic E-state index is 5.67. The van der Waals surface area contributed by atoms with Gasteiger partial charge in [0.1, 0.15) is 13.2 Å². The number of aromatic nitrogens is 1. The fourth-order valence-electron chi connectivity index (χ4n) is 2.47. The number of hydrogen-bond donors (Lipinski definition) is 1. The summed E-state index contributed by atoms with van der Waals surface area (Å²) in [6.45, 7) is 5.69. The number of benzene rings is 1. The summed E-state index contributed by atoms with van der Waals surface area (Å²) in [6, 6.07) is 3.94. The third kappa shape index (κ3) is 2.14. The minimum atomic E-state index is 0.568. The highest BCUT2D eigenvalue weighted by atomic mass is 16.6.